The lowest BCUT2D eigenvalue weighted by Crippen LogP contribution is -2.22. The second kappa shape index (κ2) is 4.54. The molecule has 7 heteroatoms. The second-order valence-electron chi connectivity index (χ2n) is 2.21. The van der Waals surface area contributed by atoms with Gasteiger partial charge in [0.15, 0.2) is 0 Å². The number of nitro benzene ring substituents is 1. The van der Waals surface area contributed by atoms with E-state index in [1.807, 2.05) is 0 Å². The van der Waals surface area contributed by atoms with Crippen molar-refractivity contribution in [3.8, 4) is 0 Å². The monoisotopic (exact) mass is 218 g/mol. The Morgan fingerprint density at radius 1 is 1.43 bits per heavy atom. The molecule has 1 rings (SSSR count). The minimum absolute atomic E-state index is 0. The van der Waals surface area contributed by atoms with Gasteiger partial charge in [0, 0.05) is 17.7 Å². The van der Waals surface area contributed by atoms with Gasteiger partial charge in [-0.2, -0.15) is 0 Å². The summed E-state index contributed by atoms with van der Waals surface area (Å²) in [7, 11) is 0. The third-order valence-electron chi connectivity index (χ3n) is 1.38. The van der Waals surface area contributed by atoms with E-state index in [-0.39, 0.29) is 22.4 Å². The molecule has 0 heterocycles. The summed E-state index contributed by atoms with van der Waals surface area (Å²) in [4.78, 5) is 19.9. The fraction of sp³-hybridized carbons (Fsp3) is 0. The highest BCUT2D eigenvalue weighted by Crippen LogP contribution is 2.21. The number of carbonyl (C=O) groups is 1. The fourth-order valence-corrected chi connectivity index (χ4v) is 1.04. The number of carboxylic acids is 1. The van der Waals surface area contributed by atoms with Crippen molar-refractivity contribution in [3.63, 3.8) is 0 Å². The highest BCUT2D eigenvalue weighted by Gasteiger charge is 2.09. The lowest BCUT2D eigenvalue weighted by molar-refractivity contribution is -0.384. The van der Waals surface area contributed by atoms with Crippen LogP contribution in [0.4, 0.5) is 5.69 Å². The molecule has 0 aliphatic heterocycles. The van der Waals surface area contributed by atoms with Crippen LogP contribution in [-0.2, 0) is 0 Å². The number of hydrogen-bond donors (Lipinski definition) is 1. The SMILES string of the molecule is O=C([O-])c1ccc([N+](=O)[O-])cc1Cl.[NH4+]. The summed E-state index contributed by atoms with van der Waals surface area (Å²) < 4.78 is 0. The van der Waals surface area contributed by atoms with E-state index in [0.29, 0.717) is 0 Å². The molecule has 0 radical (unpaired) electrons. The smallest absolute Gasteiger partial charge is 0.270 e. The standard InChI is InChI=1S/C7H4ClNO4.H3N/c8-6-3-4(9(12)13)1-2-5(6)7(10)11;/h1-3H,(H,10,11);1H3. The number of quaternary nitrogens is 1. The van der Waals surface area contributed by atoms with E-state index in [2.05, 4.69) is 0 Å². The minimum Gasteiger partial charge on any atom is -0.545 e. The normalized spacial score (nSPS) is 8.93. The summed E-state index contributed by atoms with van der Waals surface area (Å²) in [6.07, 6.45) is 0. The van der Waals surface area contributed by atoms with Gasteiger partial charge in [0.1, 0.15) is 0 Å². The van der Waals surface area contributed by atoms with E-state index in [9.17, 15) is 20.0 Å². The van der Waals surface area contributed by atoms with Gasteiger partial charge in [-0.25, -0.2) is 0 Å². The largest absolute Gasteiger partial charge is 0.545 e. The second-order valence-corrected chi connectivity index (χ2v) is 2.62. The van der Waals surface area contributed by atoms with Gasteiger partial charge in [0.2, 0.25) is 0 Å². The van der Waals surface area contributed by atoms with Gasteiger partial charge in [-0.15, -0.1) is 0 Å². The Balaban J connectivity index is 0.00000169. The van der Waals surface area contributed by atoms with Crippen LogP contribution in [-0.4, -0.2) is 10.9 Å². The van der Waals surface area contributed by atoms with Crippen LogP contribution in [0.2, 0.25) is 5.02 Å². The van der Waals surface area contributed by atoms with Crippen molar-refractivity contribution >= 4 is 23.3 Å². The average Bonchev–Trinajstić information content (AvgIpc) is 2.03. The van der Waals surface area contributed by atoms with Gasteiger partial charge in [-0.1, -0.05) is 11.6 Å². The number of aromatic carboxylic acids is 1. The molecule has 0 aliphatic carbocycles. The summed E-state index contributed by atoms with van der Waals surface area (Å²) in [6, 6.07) is 3.06. The Bertz CT molecular complexity index is 380. The average molecular weight is 219 g/mol. The molecule has 76 valence electrons. The van der Waals surface area contributed by atoms with E-state index < -0.39 is 10.9 Å². The number of rotatable bonds is 2. The topological polar surface area (TPSA) is 120 Å². The first-order valence-corrected chi connectivity index (χ1v) is 3.55. The van der Waals surface area contributed by atoms with E-state index >= 15 is 0 Å². The van der Waals surface area contributed by atoms with Crippen LogP contribution < -0.4 is 11.3 Å². The fourth-order valence-electron chi connectivity index (χ4n) is 0.783. The van der Waals surface area contributed by atoms with Gasteiger partial charge in [0.05, 0.1) is 15.9 Å². The maximum absolute atomic E-state index is 10.3. The molecule has 0 saturated heterocycles. The number of nitrogens with zero attached hydrogens (tertiary/aromatic N) is 1. The van der Waals surface area contributed by atoms with Gasteiger partial charge in [0.25, 0.3) is 5.69 Å². The molecule has 0 saturated carbocycles. The Kier molecular flexibility index (Phi) is 4.00. The van der Waals surface area contributed by atoms with Crippen LogP contribution in [0.1, 0.15) is 10.4 Å². The summed E-state index contributed by atoms with van der Waals surface area (Å²) in [5, 5.41) is 20.4. The molecule has 4 N–H and O–H groups in total. The molecular formula is C7H7ClN2O4. The predicted octanol–water partition coefficient (Wildman–Crippen LogP) is 0.988. The molecule has 1 aromatic carbocycles. The third kappa shape index (κ3) is 2.41. The van der Waals surface area contributed by atoms with E-state index in [0.717, 1.165) is 18.2 Å². The first-order valence-electron chi connectivity index (χ1n) is 3.17. The van der Waals surface area contributed by atoms with Crippen LogP contribution in [0.15, 0.2) is 18.2 Å². The number of carboxylic acid groups (broad SMARTS) is 1. The number of hydrogen-bond acceptors (Lipinski definition) is 4. The zero-order valence-electron chi connectivity index (χ0n) is 7.19. The Labute approximate surface area is 83.8 Å². The maximum Gasteiger partial charge on any atom is 0.270 e. The van der Waals surface area contributed by atoms with Crippen molar-refractivity contribution in [2.24, 2.45) is 0 Å². The van der Waals surface area contributed by atoms with E-state index in [4.69, 9.17) is 11.6 Å². The number of benzene rings is 1. The number of carbonyl (C=O) groups excluding carboxylic acids is 1. The van der Waals surface area contributed by atoms with Crippen LogP contribution in [0.25, 0.3) is 0 Å². The highest BCUT2D eigenvalue weighted by atomic mass is 35.5. The Morgan fingerprint density at radius 2 is 2.00 bits per heavy atom. The molecule has 0 unspecified atom stereocenters. The molecule has 14 heavy (non-hydrogen) atoms. The van der Waals surface area contributed by atoms with Crippen LogP contribution in [0.3, 0.4) is 0 Å². The lowest BCUT2D eigenvalue weighted by atomic mass is 10.2. The Hall–Kier alpha value is -1.66. The van der Waals surface area contributed by atoms with Crippen LogP contribution in [0, 0.1) is 10.1 Å². The molecule has 1 aromatic rings. The van der Waals surface area contributed by atoms with Crippen molar-refractivity contribution < 1.29 is 14.8 Å². The molecule has 0 atom stereocenters. The van der Waals surface area contributed by atoms with Crippen LogP contribution >= 0.6 is 11.6 Å². The summed E-state index contributed by atoms with van der Waals surface area (Å²) in [5.74, 6) is -1.46. The first-order chi connectivity index (χ1) is 6.02. The highest BCUT2D eigenvalue weighted by molar-refractivity contribution is 6.33. The quantitative estimate of drug-likeness (QED) is 0.588. The maximum atomic E-state index is 10.3. The van der Waals surface area contributed by atoms with Gasteiger partial charge in [-0.3, -0.25) is 10.1 Å². The molecule has 0 bridgehead atoms. The van der Waals surface area contributed by atoms with Crippen molar-refractivity contribution in [1.82, 2.24) is 6.15 Å². The van der Waals surface area contributed by atoms with Crippen molar-refractivity contribution in [2.75, 3.05) is 0 Å². The molecular weight excluding hydrogens is 212 g/mol. The lowest BCUT2D eigenvalue weighted by Gasteiger charge is -2.03. The summed E-state index contributed by atoms with van der Waals surface area (Å²) in [6.45, 7) is 0. The van der Waals surface area contributed by atoms with E-state index in [1.165, 1.54) is 0 Å². The third-order valence-corrected chi connectivity index (χ3v) is 1.70. The first kappa shape index (κ1) is 12.3. The number of nitro groups is 1. The zero-order valence-corrected chi connectivity index (χ0v) is 7.95. The van der Waals surface area contributed by atoms with E-state index in [1.54, 1.807) is 0 Å². The molecule has 0 aromatic heterocycles. The molecule has 6 nitrogen and oxygen atoms in total. The number of halogens is 1. The van der Waals surface area contributed by atoms with Gasteiger partial charge in [-0.05, 0) is 6.07 Å². The predicted molar refractivity (Wildman–Crippen MR) is 48.4 cm³/mol. The Morgan fingerprint density at radius 3 is 2.36 bits per heavy atom. The molecule has 0 amide bonds. The van der Waals surface area contributed by atoms with Crippen molar-refractivity contribution in [2.45, 2.75) is 0 Å². The number of non-ortho nitro benzene ring substituents is 1. The molecule has 0 fully saturated rings. The zero-order chi connectivity index (χ0) is 10.0. The summed E-state index contributed by atoms with van der Waals surface area (Å²) >= 11 is 5.44. The van der Waals surface area contributed by atoms with Gasteiger partial charge >= 0.3 is 0 Å². The van der Waals surface area contributed by atoms with Crippen molar-refractivity contribution in [3.05, 3.63) is 38.9 Å². The van der Waals surface area contributed by atoms with Crippen LogP contribution in [0.5, 0.6) is 0 Å². The summed E-state index contributed by atoms with van der Waals surface area (Å²) in [5.41, 5.74) is -0.512. The van der Waals surface area contributed by atoms with Gasteiger partial charge < -0.3 is 16.1 Å². The molecule has 0 spiro atoms. The molecule has 0 aliphatic rings. The minimum atomic E-state index is -1.46. The van der Waals surface area contributed by atoms with Crippen molar-refractivity contribution in [1.29, 1.82) is 0 Å².